The second kappa shape index (κ2) is 5.65. The molecule has 3 rings (SSSR count). The van der Waals surface area contributed by atoms with E-state index < -0.39 is 0 Å². The van der Waals surface area contributed by atoms with Gasteiger partial charge in [-0.05, 0) is 18.4 Å². The van der Waals surface area contributed by atoms with Crippen LogP contribution in [0.25, 0.3) is 0 Å². The zero-order chi connectivity index (χ0) is 13.8. The van der Waals surface area contributed by atoms with E-state index in [-0.39, 0.29) is 12.5 Å². The van der Waals surface area contributed by atoms with Gasteiger partial charge in [-0.15, -0.1) is 0 Å². The molecule has 1 N–H and O–H groups in total. The number of hydrogen-bond donors (Lipinski definition) is 1. The maximum absolute atomic E-state index is 11.8. The second-order valence-corrected chi connectivity index (χ2v) is 4.80. The Morgan fingerprint density at radius 1 is 1.10 bits per heavy atom. The number of benzene rings is 1. The summed E-state index contributed by atoms with van der Waals surface area (Å²) in [6.07, 6.45) is 5.60. The summed E-state index contributed by atoms with van der Waals surface area (Å²) < 4.78 is 1.82. The van der Waals surface area contributed by atoms with Crippen LogP contribution in [0.5, 0.6) is 0 Å². The molecule has 0 bridgehead atoms. The quantitative estimate of drug-likeness (QED) is 0.663. The third-order valence-electron chi connectivity index (χ3n) is 3.38. The predicted molar refractivity (Wildman–Crippen MR) is 76.1 cm³/mol. The van der Waals surface area contributed by atoms with Crippen LogP contribution in [0, 0.1) is 0 Å². The van der Waals surface area contributed by atoms with Gasteiger partial charge in [0.25, 0.3) is 0 Å². The summed E-state index contributed by atoms with van der Waals surface area (Å²) in [4.78, 5) is 11.8. The van der Waals surface area contributed by atoms with Gasteiger partial charge < -0.3 is 0 Å². The molecule has 0 fully saturated rings. The maximum Gasteiger partial charge on any atom is 0.305 e. The van der Waals surface area contributed by atoms with E-state index in [1.807, 2.05) is 47.3 Å². The number of rotatable bonds is 3. The number of fused-ring (bicyclic) bond motifs is 1. The molecule has 1 aliphatic carbocycles. The molecule has 0 unspecified atom stereocenters. The van der Waals surface area contributed by atoms with Crippen LogP contribution in [-0.2, 0) is 17.8 Å². The van der Waals surface area contributed by atoms with E-state index in [0.717, 1.165) is 24.1 Å². The molecular weight excluding hydrogens is 250 g/mol. The van der Waals surface area contributed by atoms with Crippen LogP contribution in [0.2, 0.25) is 0 Å². The van der Waals surface area contributed by atoms with E-state index in [1.165, 1.54) is 5.56 Å². The van der Waals surface area contributed by atoms with Crippen molar-refractivity contribution in [3.63, 3.8) is 0 Å². The summed E-state index contributed by atoms with van der Waals surface area (Å²) in [7, 11) is 0. The summed E-state index contributed by atoms with van der Waals surface area (Å²) in [5.41, 5.74) is 6.06. The minimum atomic E-state index is -0.113. The lowest BCUT2D eigenvalue weighted by atomic mass is 10.1. The van der Waals surface area contributed by atoms with Crippen LogP contribution in [0.4, 0.5) is 0 Å². The molecule has 20 heavy (non-hydrogen) atoms. The zero-order valence-electron chi connectivity index (χ0n) is 11.1. The van der Waals surface area contributed by atoms with Gasteiger partial charge in [0.2, 0.25) is 6.54 Å². The predicted octanol–water partition coefficient (Wildman–Crippen LogP) is 1.44. The van der Waals surface area contributed by atoms with E-state index in [9.17, 15) is 4.79 Å². The van der Waals surface area contributed by atoms with Crippen LogP contribution in [0.1, 0.15) is 17.5 Å². The van der Waals surface area contributed by atoms with Crippen LogP contribution in [0.15, 0.2) is 60.0 Å². The van der Waals surface area contributed by atoms with Gasteiger partial charge in [-0.1, -0.05) is 30.3 Å². The van der Waals surface area contributed by atoms with Gasteiger partial charge in [0.15, 0.2) is 12.4 Å². The Hall–Kier alpha value is -2.49. The van der Waals surface area contributed by atoms with E-state index in [2.05, 4.69) is 22.7 Å². The molecule has 0 radical (unpaired) electrons. The Morgan fingerprint density at radius 2 is 1.90 bits per heavy atom. The largest absolute Gasteiger partial charge is 0.305 e. The van der Waals surface area contributed by atoms with Crippen molar-refractivity contribution in [2.45, 2.75) is 19.4 Å². The first-order chi connectivity index (χ1) is 9.83. The van der Waals surface area contributed by atoms with Crippen molar-refractivity contribution in [3.8, 4) is 0 Å². The van der Waals surface area contributed by atoms with Crippen molar-refractivity contribution >= 4 is 11.6 Å². The number of hydrogen-bond acceptors (Lipinski definition) is 2. The second-order valence-electron chi connectivity index (χ2n) is 4.80. The number of carbonyl (C=O) groups is 1. The smallest absolute Gasteiger partial charge is 0.266 e. The number of carbonyl (C=O) groups excluding carboxylic acids is 1. The van der Waals surface area contributed by atoms with E-state index >= 15 is 0 Å². The Labute approximate surface area is 117 Å². The fourth-order valence-electron chi connectivity index (χ4n) is 2.39. The molecule has 0 saturated carbocycles. The lowest BCUT2D eigenvalue weighted by Gasteiger charge is -2.01. The highest BCUT2D eigenvalue weighted by atomic mass is 16.2. The van der Waals surface area contributed by atoms with Crippen molar-refractivity contribution in [1.82, 2.24) is 5.43 Å². The fourth-order valence-corrected chi connectivity index (χ4v) is 2.39. The van der Waals surface area contributed by atoms with Gasteiger partial charge in [0.1, 0.15) is 0 Å². The topological polar surface area (TPSA) is 45.3 Å². The molecule has 4 heteroatoms. The molecule has 0 saturated heterocycles. The normalized spacial score (nSPS) is 15.1. The average Bonchev–Trinajstić information content (AvgIpc) is 2.89. The number of aryl methyl sites for hydroxylation is 1. The number of aromatic nitrogens is 1. The van der Waals surface area contributed by atoms with Gasteiger partial charge in [-0.3, -0.25) is 4.79 Å². The molecule has 0 aliphatic heterocycles. The Balaban J connectivity index is 1.65. The van der Waals surface area contributed by atoms with Crippen LogP contribution in [0.3, 0.4) is 0 Å². The van der Waals surface area contributed by atoms with Crippen molar-refractivity contribution in [2.75, 3.05) is 0 Å². The molecule has 100 valence electrons. The lowest BCUT2D eigenvalue weighted by Crippen LogP contribution is -2.41. The Kier molecular flexibility index (Phi) is 3.54. The monoisotopic (exact) mass is 266 g/mol. The molecule has 1 amide bonds. The Bertz CT molecular complexity index is 650. The minimum absolute atomic E-state index is 0.113. The highest BCUT2D eigenvalue weighted by Crippen LogP contribution is 2.21. The summed E-state index contributed by atoms with van der Waals surface area (Å²) in [6, 6.07) is 13.9. The summed E-state index contributed by atoms with van der Waals surface area (Å²) in [6.45, 7) is 0.277. The molecule has 1 aliphatic rings. The standard InChI is InChI=1S/C16H15N3O/c20-16(12-19-10-4-1-5-11-19)18-17-15-9-8-13-6-2-3-7-14(13)15/h1-7,10-11H,8-9,12H2/p+1/b17-15-. The first-order valence-corrected chi connectivity index (χ1v) is 6.71. The van der Waals surface area contributed by atoms with Gasteiger partial charge in [0, 0.05) is 17.7 Å². The number of hydrazone groups is 1. The maximum atomic E-state index is 11.8. The van der Waals surface area contributed by atoms with E-state index in [4.69, 9.17) is 0 Å². The highest BCUT2D eigenvalue weighted by Gasteiger charge is 2.17. The first-order valence-electron chi connectivity index (χ1n) is 6.71. The molecular formula is C16H16N3O+. The van der Waals surface area contributed by atoms with Gasteiger partial charge in [0.05, 0.1) is 5.71 Å². The average molecular weight is 266 g/mol. The molecule has 2 aromatic rings. The lowest BCUT2D eigenvalue weighted by molar-refractivity contribution is -0.684. The third-order valence-corrected chi connectivity index (χ3v) is 3.38. The molecule has 0 spiro atoms. The summed E-state index contributed by atoms with van der Waals surface area (Å²) in [5, 5.41) is 4.26. The fraction of sp³-hybridized carbons (Fsp3) is 0.188. The number of nitrogens with one attached hydrogen (secondary N) is 1. The number of amides is 1. The van der Waals surface area contributed by atoms with Crippen LogP contribution in [-0.4, -0.2) is 11.6 Å². The van der Waals surface area contributed by atoms with Crippen molar-refractivity contribution < 1.29 is 9.36 Å². The number of nitrogens with zero attached hydrogens (tertiary/aromatic N) is 2. The first kappa shape index (κ1) is 12.5. The molecule has 1 aromatic heterocycles. The summed E-state index contributed by atoms with van der Waals surface area (Å²) in [5.74, 6) is -0.113. The van der Waals surface area contributed by atoms with Crippen molar-refractivity contribution in [1.29, 1.82) is 0 Å². The molecule has 1 heterocycles. The minimum Gasteiger partial charge on any atom is -0.266 e. The van der Waals surface area contributed by atoms with Crippen molar-refractivity contribution in [3.05, 3.63) is 66.0 Å². The van der Waals surface area contributed by atoms with Gasteiger partial charge >= 0.3 is 5.91 Å². The third kappa shape index (κ3) is 2.74. The van der Waals surface area contributed by atoms with E-state index in [1.54, 1.807) is 0 Å². The molecule has 1 aromatic carbocycles. The van der Waals surface area contributed by atoms with Crippen molar-refractivity contribution in [2.24, 2.45) is 5.10 Å². The summed E-state index contributed by atoms with van der Waals surface area (Å²) >= 11 is 0. The molecule has 4 nitrogen and oxygen atoms in total. The highest BCUT2D eigenvalue weighted by molar-refractivity contribution is 6.04. The SMILES string of the molecule is O=C(C[n+]1ccccc1)N/N=C1/CCc2ccccc21. The van der Waals surface area contributed by atoms with Crippen LogP contribution >= 0.6 is 0 Å². The number of pyridine rings is 1. The van der Waals surface area contributed by atoms with E-state index in [0.29, 0.717) is 0 Å². The van der Waals surface area contributed by atoms with Gasteiger partial charge in [-0.25, -0.2) is 5.43 Å². The zero-order valence-corrected chi connectivity index (χ0v) is 11.1. The molecule has 0 atom stereocenters. The Morgan fingerprint density at radius 3 is 2.75 bits per heavy atom. The van der Waals surface area contributed by atoms with Gasteiger partial charge in [-0.2, -0.15) is 9.67 Å². The van der Waals surface area contributed by atoms with Crippen LogP contribution < -0.4 is 9.99 Å².